The topological polar surface area (TPSA) is 111 Å². The Balaban J connectivity index is 1.46. The first-order valence-corrected chi connectivity index (χ1v) is 10.0. The van der Waals surface area contributed by atoms with Crippen molar-refractivity contribution in [3.63, 3.8) is 0 Å². The van der Waals surface area contributed by atoms with Gasteiger partial charge in [-0.1, -0.05) is 30.3 Å². The van der Waals surface area contributed by atoms with Gasteiger partial charge >= 0.3 is 0 Å². The predicted molar refractivity (Wildman–Crippen MR) is 118 cm³/mol. The number of methoxy groups -OCH3 is 1. The van der Waals surface area contributed by atoms with E-state index in [2.05, 4.69) is 20.3 Å². The second-order valence-corrected chi connectivity index (χ2v) is 7.16. The van der Waals surface area contributed by atoms with Gasteiger partial charge in [0, 0.05) is 25.0 Å². The first-order valence-electron chi connectivity index (χ1n) is 10.0. The Kier molecular flexibility index (Phi) is 6.27. The zero-order chi connectivity index (χ0) is 22.5. The summed E-state index contributed by atoms with van der Waals surface area (Å²) in [5.41, 5.74) is 1.10. The van der Waals surface area contributed by atoms with Crippen molar-refractivity contribution in [3.8, 4) is 5.75 Å². The molecule has 0 unspecified atom stereocenters. The van der Waals surface area contributed by atoms with Crippen molar-refractivity contribution in [3.05, 3.63) is 88.5 Å². The molecule has 0 bridgehead atoms. The van der Waals surface area contributed by atoms with Crippen LogP contribution >= 0.6 is 0 Å². The molecule has 2 aromatic carbocycles. The fourth-order valence-electron chi connectivity index (χ4n) is 3.49. The monoisotopic (exact) mass is 433 g/mol. The summed E-state index contributed by atoms with van der Waals surface area (Å²) in [6.45, 7) is -0.220. The lowest BCUT2D eigenvalue weighted by molar-refractivity contribution is -0.126. The van der Waals surface area contributed by atoms with Crippen molar-refractivity contribution in [2.75, 3.05) is 13.7 Å². The fourth-order valence-corrected chi connectivity index (χ4v) is 3.49. The molecule has 2 N–H and O–H groups in total. The van der Waals surface area contributed by atoms with E-state index in [1.54, 1.807) is 31.5 Å². The van der Waals surface area contributed by atoms with Crippen molar-refractivity contribution >= 4 is 16.8 Å². The van der Waals surface area contributed by atoms with Crippen LogP contribution in [0, 0.1) is 0 Å². The first kappa shape index (κ1) is 21.3. The molecule has 1 amide bonds. The number of aromatic nitrogens is 4. The molecule has 0 radical (unpaired) electrons. The average molecular weight is 433 g/mol. The van der Waals surface area contributed by atoms with Crippen molar-refractivity contribution in [2.45, 2.75) is 12.6 Å². The van der Waals surface area contributed by atoms with E-state index in [4.69, 9.17) is 9.47 Å². The van der Waals surface area contributed by atoms with Crippen LogP contribution in [0.25, 0.3) is 10.9 Å². The van der Waals surface area contributed by atoms with Gasteiger partial charge < -0.3 is 24.3 Å². The Morgan fingerprint density at radius 2 is 1.97 bits per heavy atom. The van der Waals surface area contributed by atoms with Gasteiger partial charge in [0.15, 0.2) is 0 Å². The number of benzene rings is 2. The van der Waals surface area contributed by atoms with Crippen LogP contribution in [0.3, 0.4) is 0 Å². The number of hydrogen-bond acceptors (Lipinski definition) is 6. The highest BCUT2D eigenvalue weighted by atomic mass is 16.5. The van der Waals surface area contributed by atoms with Gasteiger partial charge in [-0.3, -0.25) is 9.59 Å². The summed E-state index contributed by atoms with van der Waals surface area (Å²) in [5.74, 6) is 1.31. The second-order valence-electron chi connectivity index (χ2n) is 7.16. The minimum atomic E-state index is -0.527. The third kappa shape index (κ3) is 4.52. The van der Waals surface area contributed by atoms with Gasteiger partial charge in [0.1, 0.15) is 36.7 Å². The summed E-state index contributed by atoms with van der Waals surface area (Å²) in [4.78, 5) is 36.3. The zero-order valence-electron chi connectivity index (χ0n) is 17.7. The highest BCUT2D eigenvalue weighted by Gasteiger charge is 2.23. The maximum atomic E-state index is 12.7. The summed E-state index contributed by atoms with van der Waals surface area (Å²) in [5, 5.41) is 3.46. The Labute approximate surface area is 184 Å². The maximum absolute atomic E-state index is 12.7. The molecule has 0 saturated heterocycles. The van der Waals surface area contributed by atoms with Crippen LogP contribution in [0.5, 0.6) is 5.75 Å². The molecule has 164 valence electrons. The van der Waals surface area contributed by atoms with Crippen molar-refractivity contribution < 1.29 is 14.3 Å². The predicted octanol–water partition coefficient (Wildman–Crippen LogP) is 2.09. The lowest BCUT2D eigenvalue weighted by Crippen LogP contribution is -2.34. The number of nitrogens with zero attached hydrogens (tertiary/aromatic N) is 3. The molecule has 32 heavy (non-hydrogen) atoms. The quantitative estimate of drug-likeness (QED) is 0.440. The van der Waals surface area contributed by atoms with Crippen molar-refractivity contribution in [1.82, 2.24) is 24.8 Å². The van der Waals surface area contributed by atoms with Gasteiger partial charge in [-0.2, -0.15) is 0 Å². The lowest BCUT2D eigenvalue weighted by Gasteiger charge is -2.21. The Morgan fingerprint density at radius 3 is 2.75 bits per heavy atom. The van der Waals surface area contributed by atoms with E-state index in [1.807, 2.05) is 48.1 Å². The highest BCUT2D eigenvalue weighted by molar-refractivity contribution is 5.78. The standard InChI is InChI=1S/C23H23N5O4/c1-28-12-11-24-22(28)21(16-8-4-6-10-18(16)31-2)27-20(29)14-32-13-19-25-17-9-5-3-7-15(17)23(30)26-19/h3-12,21H,13-14H2,1-2H3,(H,27,29)(H,25,26,30)/t21-/m0/s1. The Bertz CT molecular complexity index is 1300. The number of H-pyrrole nitrogens is 1. The number of hydrogen-bond donors (Lipinski definition) is 2. The van der Waals surface area contributed by atoms with E-state index in [1.165, 1.54) is 0 Å². The Hall–Kier alpha value is -3.98. The number of carbonyl (C=O) groups is 1. The molecule has 0 aliphatic heterocycles. The second kappa shape index (κ2) is 9.44. The molecule has 9 heteroatoms. The molecule has 0 aliphatic rings. The zero-order valence-corrected chi connectivity index (χ0v) is 17.7. The number of imidazole rings is 1. The van der Waals surface area contributed by atoms with Crippen LogP contribution in [-0.2, 0) is 23.2 Å². The molecule has 0 aliphatic carbocycles. The summed E-state index contributed by atoms with van der Waals surface area (Å²) in [7, 11) is 3.44. The number of fused-ring (bicyclic) bond motifs is 1. The van der Waals surface area contributed by atoms with Crippen LogP contribution in [0.2, 0.25) is 0 Å². The minimum Gasteiger partial charge on any atom is -0.496 e. The van der Waals surface area contributed by atoms with Gasteiger partial charge in [-0.05, 0) is 18.2 Å². The van der Waals surface area contributed by atoms with E-state index >= 15 is 0 Å². The van der Waals surface area contributed by atoms with E-state index < -0.39 is 6.04 Å². The molecule has 2 heterocycles. The number of carbonyl (C=O) groups excluding carboxylic acids is 1. The molecular formula is C23H23N5O4. The summed E-state index contributed by atoms with van der Waals surface area (Å²) in [6.07, 6.45) is 3.48. The number of aromatic amines is 1. The van der Waals surface area contributed by atoms with E-state index in [0.717, 1.165) is 5.56 Å². The number of rotatable bonds is 8. The molecule has 4 aromatic rings. The molecule has 2 aromatic heterocycles. The van der Waals surface area contributed by atoms with Crippen LogP contribution in [0.15, 0.2) is 65.7 Å². The molecule has 4 rings (SSSR count). The normalized spacial score (nSPS) is 11.9. The van der Waals surface area contributed by atoms with Gasteiger partial charge in [0.05, 0.1) is 18.0 Å². The van der Waals surface area contributed by atoms with Gasteiger partial charge in [0.2, 0.25) is 5.91 Å². The molecule has 9 nitrogen and oxygen atoms in total. The van der Waals surface area contributed by atoms with E-state index in [0.29, 0.717) is 28.3 Å². The minimum absolute atomic E-state index is 0.00474. The summed E-state index contributed by atoms with van der Waals surface area (Å²) >= 11 is 0. The van der Waals surface area contributed by atoms with Gasteiger partial charge in [-0.25, -0.2) is 9.97 Å². The first-order chi connectivity index (χ1) is 15.6. The average Bonchev–Trinajstić information content (AvgIpc) is 3.23. The van der Waals surface area contributed by atoms with Gasteiger partial charge in [-0.15, -0.1) is 0 Å². The number of nitrogens with one attached hydrogen (secondary N) is 2. The molecule has 1 atom stereocenters. The molecule has 0 spiro atoms. The number of ether oxygens (including phenoxy) is 2. The van der Waals surface area contributed by atoms with Crippen LogP contribution in [0.1, 0.15) is 23.3 Å². The molecule has 0 saturated carbocycles. The number of aryl methyl sites for hydroxylation is 1. The van der Waals surface area contributed by atoms with Crippen molar-refractivity contribution in [1.29, 1.82) is 0 Å². The van der Waals surface area contributed by atoms with Crippen LogP contribution in [0.4, 0.5) is 0 Å². The summed E-state index contributed by atoms with van der Waals surface area (Å²) < 4.78 is 12.8. The smallest absolute Gasteiger partial charge is 0.258 e. The third-order valence-electron chi connectivity index (χ3n) is 5.01. The number of amides is 1. The van der Waals surface area contributed by atoms with Gasteiger partial charge in [0.25, 0.3) is 5.56 Å². The largest absolute Gasteiger partial charge is 0.496 e. The van der Waals surface area contributed by atoms with E-state index in [-0.39, 0.29) is 24.7 Å². The maximum Gasteiger partial charge on any atom is 0.258 e. The fraction of sp³-hybridized carbons (Fsp3) is 0.217. The Morgan fingerprint density at radius 1 is 1.19 bits per heavy atom. The number of para-hydroxylation sites is 2. The molecule has 0 fully saturated rings. The highest BCUT2D eigenvalue weighted by Crippen LogP contribution is 2.28. The van der Waals surface area contributed by atoms with E-state index in [9.17, 15) is 9.59 Å². The third-order valence-corrected chi connectivity index (χ3v) is 5.01. The SMILES string of the molecule is COc1ccccc1[C@H](NC(=O)COCc1nc2ccccc2c(=O)[nH]1)c1nccn1C. The van der Waals surface area contributed by atoms with Crippen LogP contribution in [-0.4, -0.2) is 39.1 Å². The van der Waals surface area contributed by atoms with Crippen LogP contribution < -0.4 is 15.6 Å². The van der Waals surface area contributed by atoms with Crippen molar-refractivity contribution in [2.24, 2.45) is 7.05 Å². The molecular weight excluding hydrogens is 410 g/mol. The lowest BCUT2D eigenvalue weighted by atomic mass is 10.0. The summed E-state index contributed by atoms with van der Waals surface area (Å²) in [6, 6.07) is 14.0.